The van der Waals surface area contributed by atoms with E-state index >= 15 is 0 Å². The van der Waals surface area contributed by atoms with Crippen LogP contribution in [0.4, 0.5) is 0 Å². The second kappa shape index (κ2) is 29.0. The van der Waals surface area contributed by atoms with Gasteiger partial charge in [-0.2, -0.15) is 0 Å². The molecule has 0 aliphatic rings. The molecule has 210 valence electrons. The van der Waals surface area contributed by atoms with Crippen molar-refractivity contribution in [2.75, 3.05) is 0 Å². The Balaban J connectivity index is -0.000000419. The van der Waals surface area contributed by atoms with Gasteiger partial charge in [-0.1, -0.05) is 80.1 Å². The summed E-state index contributed by atoms with van der Waals surface area (Å²) in [4.78, 5) is 31.0. The number of carbonyl (C=O) groups excluding carboxylic acids is 3. The normalized spacial score (nSPS) is 12.2. The van der Waals surface area contributed by atoms with Gasteiger partial charge in [-0.25, -0.2) is 0 Å². The molecule has 1 aromatic carbocycles. The molecule has 0 aromatic heterocycles. The maximum absolute atomic E-state index is 10.3. The van der Waals surface area contributed by atoms with Crippen LogP contribution in [-0.4, -0.2) is 40.4 Å². The summed E-state index contributed by atoms with van der Waals surface area (Å²) in [6, 6.07) is 10.4. The van der Waals surface area contributed by atoms with Gasteiger partial charge in [-0.05, 0) is 56.3 Å². The predicted molar refractivity (Wildman–Crippen MR) is 147 cm³/mol. The molecule has 0 saturated carbocycles. The van der Waals surface area contributed by atoms with E-state index in [1.807, 2.05) is 26.8 Å². The third-order valence-corrected chi connectivity index (χ3v) is 6.92. The van der Waals surface area contributed by atoms with Gasteiger partial charge in [0.25, 0.3) is 0 Å². The van der Waals surface area contributed by atoms with Crippen molar-refractivity contribution in [3.05, 3.63) is 30.3 Å². The predicted octanol–water partition coefficient (Wildman–Crippen LogP) is 3.34. The summed E-state index contributed by atoms with van der Waals surface area (Å²) < 4.78 is 1.41. The zero-order valence-corrected chi connectivity index (χ0v) is 26.9. The molecule has 0 fully saturated rings. The molecule has 3 atom stereocenters. The van der Waals surface area contributed by atoms with Gasteiger partial charge in [0.15, 0.2) is 0 Å². The van der Waals surface area contributed by atoms with E-state index in [0.29, 0.717) is 19.3 Å². The number of rotatable bonds is 15. The van der Waals surface area contributed by atoms with Gasteiger partial charge >= 0.3 is 56.4 Å². The zero-order chi connectivity index (χ0) is 29.1. The van der Waals surface area contributed by atoms with E-state index in [1.54, 1.807) is 0 Å². The third kappa shape index (κ3) is 27.3. The topological polar surface area (TPSA) is 120 Å². The number of benzene rings is 1. The number of aliphatic carboxylic acids is 3. The third-order valence-electron chi connectivity index (χ3n) is 5.97. The Labute approximate surface area is 239 Å². The van der Waals surface area contributed by atoms with E-state index in [-0.39, 0.29) is 17.8 Å². The molecule has 0 saturated heterocycles. The second-order valence-electron chi connectivity index (χ2n) is 9.07. The Hall–Kier alpha value is -1.57. The molecule has 7 heteroatoms. The number of carboxylic acid groups (broad SMARTS) is 3. The average Bonchev–Trinajstić information content (AvgIpc) is 2.86. The van der Waals surface area contributed by atoms with Gasteiger partial charge in [0, 0.05) is 17.9 Å². The molecule has 1 aromatic rings. The summed E-state index contributed by atoms with van der Waals surface area (Å²) in [7, 11) is 0. The number of hydrogen-bond donors (Lipinski definition) is 0. The van der Waals surface area contributed by atoms with Crippen LogP contribution in [0.25, 0.3) is 0 Å². The van der Waals surface area contributed by atoms with Gasteiger partial charge in [0.05, 0.1) is 0 Å². The van der Waals surface area contributed by atoms with E-state index in [0.717, 1.165) is 57.8 Å². The van der Waals surface area contributed by atoms with Crippen molar-refractivity contribution in [2.24, 2.45) is 17.8 Å². The van der Waals surface area contributed by atoms with Gasteiger partial charge in [0.2, 0.25) is 0 Å². The molecule has 0 heterocycles. The zero-order valence-electron chi connectivity index (χ0n) is 24.1. The fourth-order valence-corrected chi connectivity index (χ4v) is 3.80. The van der Waals surface area contributed by atoms with Gasteiger partial charge < -0.3 is 29.7 Å². The molecule has 1 rings (SSSR count). The molecule has 37 heavy (non-hydrogen) atoms. The minimum atomic E-state index is -0.893. The first-order valence-electron chi connectivity index (χ1n) is 13.9. The van der Waals surface area contributed by atoms with E-state index in [9.17, 15) is 29.7 Å². The summed E-state index contributed by atoms with van der Waals surface area (Å²) in [5.74, 6) is -3.34. The number of hydrogen-bond acceptors (Lipinski definition) is 6. The molecule has 0 spiro atoms. The molecule has 0 N–H and O–H groups in total. The summed E-state index contributed by atoms with van der Waals surface area (Å²) in [5, 5.41) is 31.0. The van der Waals surface area contributed by atoms with Crippen molar-refractivity contribution < 1.29 is 29.7 Å². The summed E-state index contributed by atoms with van der Waals surface area (Å²) >= 11 is 1.49. The van der Waals surface area contributed by atoms with Crippen LogP contribution in [-0.2, 0) is 14.4 Å². The van der Waals surface area contributed by atoms with Crippen LogP contribution >= 0.6 is 0 Å². The quantitative estimate of drug-likeness (QED) is 0.276. The van der Waals surface area contributed by atoms with E-state index in [1.165, 1.54) is 26.1 Å². The molecule has 0 bridgehead atoms. The Kier molecular flexibility index (Phi) is 31.3. The Bertz CT molecular complexity index is 603. The van der Waals surface area contributed by atoms with Crippen molar-refractivity contribution in [1.82, 2.24) is 0 Å². The first-order valence-corrected chi connectivity index (χ1v) is 15.4. The molecule has 0 amide bonds. The summed E-state index contributed by atoms with van der Waals surface area (Å²) in [5.41, 5.74) is 0. The van der Waals surface area contributed by atoms with Crippen molar-refractivity contribution in [3.63, 3.8) is 0 Å². The van der Waals surface area contributed by atoms with Crippen LogP contribution in [0.3, 0.4) is 0 Å². The fraction of sp³-hybridized carbons (Fsp3) is 0.700. The summed E-state index contributed by atoms with van der Waals surface area (Å²) in [6.07, 6.45) is 10.6. The average molecular weight is 625 g/mol. The van der Waals surface area contributed by atoms with Crippen molar-refractivity contribution in [2.45, 2.75) is 119 Å². The van der Waals surface area contributed by atoms with Crippen LogP contribution in [0.5, 0.6) is 0 Å². The number of carbonyl (C=O) groups is 3. The molecule has 3 unspecified atom stereocenters. The van der Waals surface area contributed by atoms with E-state index in [4.69, 9.17) is 0 Å². The second-order valence-corrected chi connectivity index (χ2v) is 10.7. The number of carboxylic acids is 3. The van der Waals surface area contributed by atoms with Gasteiger partial charge in [-0.15, -0.1) is 0 Å². The molecule has 0 radical (unpaired) electrons. The number of unbranched alkanes of at least 4 members (excludes halogenated alkanes) is 3. The van der Waals surface area contributed by atoms with Crippen LogP contribution in [0.15, 0.2) is 30.3 Å². The van der Waals surface area contributed by atoms with E-state index in [2.05, 4.69) is 45.0 Å². The Morgan fingerprint density at radius 3 is 1.00 bits per heavy atom. The first-order chi connectivity index (χ1) is 17.6. The fourth-order valence-electron chi connectivity index (χ4n) is 3.26. The van der Waals surface area contributed by atoms with Gasteiger partial charge in [0.1, 0.15) is 0 Å². The van der Waals surface area contributed by atoms with Crippen LogP contribution in [0.1, 0.15) is 119 Å². The molecule has 6 nitrogen and oxygen atoms in total. The minimum absolute atomic E-state index is 0.222. The molecule has 0 aliphatic carbocycles. The first kappa shape index (κ1) is 39.9. The van der Waals surface area contributed by atoms with Crippen LogP contribution < -0.4 is 18.9 Å². The Morgan fingerprint density at radius 2 is 0.865 bits per heavy atom. The van der Waals surface area contributed by atoms with Crippen LogP contribution in [0.2, 0.25) is 0 Å². The summed E-state index contributed by atoms with van der Waals surface area (Å²) in [6.45, 7) is 11.8. The van der Waals surface area contributed by atoms with Crippen LogP contribution in [0, 0.1) is 17.8 Å². The SMILES string of the molecule is CCCCC(CC)C(=O)[O-].CCCCC(CC)C(=O)[O-].CCCCC(CC)C(=O)[O-].[Sn+3][c]1ccccc1. The van der Waals surface area contributed by atoms with Crippen molar-refractivity contribution >= 4 is 44.0 Å². The molecular weight excluding hydrogens is 575 g/mol. The van der Waals surface area contributed by atoms with E-state index < -0.39 is 17.9 Å². The van der Waals surface area contributed by atoms with Crippen molar-refractivity contribution in [3.8, 4) is 0 Å². The van der Waals surface area contributed by atoms with Crippen molar-refractivity contribution in [1.29, 1.82) is 0 Å². The maximum atomic E-state index is 10.3. The standard InChI is InChI=1S/3C8H16O2.C6H5.Sn/c3*1-3-5-6-7(4-2)8(9)10;1-2-4-6-5-3-1;/h3*7H,3-6H2,1-2H3,(H,9,10);1-5H;/q;;;;+3/p-3. The molecular formula is C30H50O6Sn. The molecule has 0 aliphatic heterocycles. The monoisotopic (exact) mass is 626 g/mol. The Morgan fingerprint density at radius 1 is 0.595 bits per heavy atom. The van der Waals surface area contributed by atoms with Gasteiger partial charge in [-0.3, -0.25) is 0 Å².